The lowest BCUT2D eigenvalue weighted by Gasteiger charge is -2.43. The van der Waals surface area contributed by atoms with Gasteiger partial charge in [-0.25, -0.2) is 4.98 Å². The molecule has 7 rings (SSSR count). The van der Waals surface area contributed by atoms with Crippen molar-refractivity contribution in [3.05, 3.63) is 69.6 Å². The summed E-state index contributed by atoms with van der Waals surface area (Å²) in [6.07, 6.45) is 5.36. The Morgan fingerprint density at radius 2 is 1.67 bits per heavy atom. The molecule has 378 valence electrons. The van der Waals surface area contributed by atoms with Gasteiger partial charge in [0.1, 0.15) is 46.0 Å². The average molecular weight is 971 g/mol. The van der Waals surface area contributed by atoms with Crippen LogP contribution in [0, 0.1) is 36.5 Å². The van der Waals surface area contributed by atoms with E-state index in [9.17, 15) is 39.6 Å². The molecule has 0 radical (unpaired) electrons. The maximum atomic E-state index is 14.9. The summed E-state index contributed by atoms with van der Waals surface area (Å²) in [6, 6.07) is 3.44. The number of piperidine rings is 1. The number of aliphatic hydroxyl groups excluding tert-OH is 2. The van der Waals surface area contributed by atoms with E-state index in [4.69, 9.17) is 33.1 Å². The molecule has 0 spiro atoms. The number of benzene rings is 3. The van der Waals surface area contributed by atoms with Crippen molar-refractivity contribution in [3.63, 3.8) is 0 Å². The Morgan fingerprint density at radius 3 is 2.31 bits per heavy atom. The SMILES string of the molecule is CO[C@H]1/C=C/O[C@@]2(C)Oc3c(C)c(O)c4c(=O)c(c5oc6cc(OCC7CC[N+](C)(C(C)C)CC7)cc(O)c6nc-5c4c3C2=O)NC(=O)/C(C)=C\C=C\[C@H](C)[C@H](O)[C@@H](C)[C@@H](O)[C@@H](C)[C@H](OC(C)=O)[C@@H]1C. The Balaban J connectivity index is 1.39. The van der Waals surface area contributed by atoms with Crippen molar-refractivity contribution in [2.45, 2.75) is 118 Å². The van der Waals surface area contributed by atoms with E-state index in [2.05, 4.69) is 26.2 Å². The van der Waals surface area contributed by atoms with Crippen molar-refractivity contribution >= 4 is 45.2 Å². The van der Waals surface area contributed by atoms with Crippen LogP contribution in [0.2, 0.25) is 0 Å². The number of methoxy groups -OCH3 is 1. The molecule has 17 nitrogen and oxygen atoms in total. The number of anilines is 1. The third kappa shape index (κ3) is 9.60. The third-order valence-corrected chi connectivity index (χ3v) is 15.2. The summed E-state index contributed by atoms with van der Waals surface area (Å²) in [4.78, 5) is 61.0. The molecule has 5 aliphatic rings. The number of aliphatic hydroxyl groups is 2. The van der Waals surface area contributed by atoms with Gasteiger partial charge >= 0.3 is 11.8 Å². The minimum Gasteiger partial charge on any atom is -0.507 e. The first-order valence-electron chi connectivity index (χ1n) is 24.0. The maximum absolute atomic E-state index is 14.9. The van der Waals surface area contributed by atoms with Crippen LogP contribution < -0.4 is 20.2 Å². The van der Waals surface area contributed by atoms with Crippen LogP contribution in [0.1, 0.15) is 91.1 Å². The minimum atomic E-state index is -2.09. The van der Waals surface area contributed by atoms with E-state index in [0.717, 1.165) is 30.4 Å². The normalized spacial score (nSPS) is 31.8. The number of fused-ring (bicyclic) bond motifs is 2. The highest BCUT2D eigenvalue weighted by molar-refractivity contribution is 6.22. The number of esters is 1. The van der Waals surface area contributed by atoms with Crippen molar-refractivity contribution in [3.8, 4) is 34.5 Å². The van der Waals surface area contributed by atoms with Crippen molar-refractivity contribution in [1.29, 1.82) is 0 Å². The summed E-state index contributed by atoms with van der Waals surface area (Å²) in [5.41, 5.74) is -1.54. The first-order valence-corrected chi connectivity index (χ1v) is 24.0. The zero-order valence-electron chi connectivity index (χ0n) is 42.1. The quantitative estimate of drug-likeness (QED) is 0.0552. The summed E-state index contributed by atoms with van der Waals surface area (Å²) in [7, 11) is 3.70. The molecular weight excluding hydrogens is 903 g/mol. The van der Waals surface area contributed by atoms with Gasteiger partial charge in [-0.1, -0.05) is 45.9 Å². The van der Waals surface area contributed by atoms with E-state index >= 15 is 0 Å². The smallest absolute Gasteiger partial charge is 0.312 e. The number of carbonyl (C=O) groups is 3. The number of ketones is 1. The highest BCUT2D eigenvalue weighted by Gasteiger charge is 2.50. The monoisotopic (exact) mass is 970 g/mol. The molecule has 70 heavy (non-hydrogen) atoms. The second kappa shape index (κ2) is 20.0. The van der Waals surface area contributed by atoms with Gasteiger partial charge in [0.15, 0.2) is 11.3 Å². The number of nitrogens with one attached hydrogen (secondary N) is 1. The zero-order valence-corrected chi connectivity index (χ0v) is 42.1. The van der Waals surface area contributed by atoms with Crippen molar-refractivity contribution < 1.29 is 67.4 Å². The predicted molar refractivity (Wildman–Crippen MR) is 262 cm³/mol. The van der Waals surface area contributed by atoms with Crippen LogP contribution in [0.3, 0.4) is 0 Å². The fourth-order valence-electron chi connectivity index (χ4n) is 10.1. The molecule has 1 fully saturated rings. The molecule has 2 aromatic rings. The Kier molecular flexibility index (Phi) is 14.8. The molecule has 0 aromatic heterocycles. The number of likely N-dealkylation sites (tertiary alicyclic amines) is 1. The number of rotatable bonds is 6. The highest BCUT2D eigenvalue weighted by atomic mass is 16.7. The number of phenols is 2. The number of allylic oxidation sites excluding steroid dienone is 2. The number of aromatic nitrogens is 1. The number of nitrogens with zero attached hydrogens (tertiary/aromatic N) is 2. The number of hydrogen-bond donors (Lipinski definition) is 5. The standard InChI is InChI=1S/C53H67N3O14/c1-25(2)56(11)19-16-33(17-20-56)24-66-34-22-35(58)41-37(23-34)69-50-42(54-41)38-39-46(61)31(8)49-40(38)51(63)53(10,70-49)67-21-18-36(65-12)28(5)48(68-32(9)57)30(7)45(60)29(6)44(59)26(3)14-13-15-27(4)52(64)55-43(50)47(39)62/h13-15,18,21-23,25-26,28-30,33,36,44-45,48,59-60H,16-17,19-20,24H2,1-12H3,(H2-,54,55,58,61,62,63,64)/p+1/b14-13+,21-18+,27-15-/t26-,28+,29+,30+,33?,36-,44-,45+,48+,53-,56?/m0/s1. The lowest BCUT2D eigenvalue weighted by Crippen LogP contribution is -2.54. The molecule has 4 aliphatic heterocycles. The first kappa shape index (κ1) is 51.8. The molecule has 9 atom stereocenters. The number of amides is 1. The molecule has 1 saturated heterocycles. The molecule has 2 aromatic carbocycles. The van der Waals surface area contributed by atoms with Gasteiger partial charge in [0.05, 0.1) is 68.3 Å². The number of hydrogen-bond acceptors (Lipinski definition) is 15. The lowest BCUT2D eigenvalue weighted by atomic mass is 9.78. The third-order valence-electron chi connectivity index (χ3n) is 15.2. The van der Waals surface area contributed by atoms with Gasteiger partial charge in [0, 0.05) is 92.0 Å². The molecule has 4 bridgehead atoms. The molecule has 0 saturated carbocycles. The first-order chi connectivity index (χ1) is 32.9. The van der Waals surface area contributed by atoms with Crippen LogP contribution in [-0.4, -0.2) is 118 Å². The minimum absolute atomic E-state index is 0.000756. The van der Waals surface area contributed by atoms with Crippen LogP contribution in [-0.2, 0) is 23.8 Å². The summed E-state index contributed by atoms with van der Waals surface area (Å²) >= 11 is 0. The number of quaternary nitrogens is 1. The molecule has 0 unspecified atom stereocenters. The molecular formula is C53H68N3O14+. The number of Topliss-reactive ketones (excluding diaryl/α,β-unsaturated/α-hetero) is 1. The molecule has 1 aliphatic carbocycles. The topological polar surface area (TPSA) is 233 Å². The van der Waals surface area contributed by atoms with Crippen LogP contribution in [0.4, 0.5) is 5.69 Å². The van der Waals surface area contributed by atoms with Crippen molar-refractivity contribution in [2.75, 3.05) is 39.2 Å². The van der Waals surface area contributed by atoms with Crippen molar-refractivity contribution in [1.82, 2.24) is 4.98 Å². The number of ether oxygens (including phenoxy) is 5. The fourth-order valence-corrected chi connectivity index (χ4v) is 10.1. The van der Waals surface area contributed by atoms with Gasteiger partial charge < -0.3 is 58.3 Å². The Hall–Kier alpha value is -6.01. The Morgan fingerprint density at radius 1 is 0.986 bits per heavy atom. The number of carbonyl (C=O) groups excluding carboxylic acids is 3. The molecule has 17 heteroatoms. The number of phenolic OH excluding ortho intramolecular Hbond substituents is 2. The Bertz CT molecular complexity index is 2800. The predicted octanol–water partition coefficient (Wildman–Crippen LogP) is 7.30. The van der Waals surface area contributed by atoms with E-state index < -0.39 is 88.4 Å². The molecule has 5 N–H and O–H groups in total. The van der Waals surface area contributed by atoms with Gasteiger partial charge in [-0.15, -0.1) is 0 Å². The molecule has 1 amide bonds. The maximum Gasteiger partial charge on any atom is 0.312 e. The van der Waals surface area contributed by atoms with Gasteiger partial charge in [0.25, 0.3) is 11.7 Å². The largest absolute Gasteiger partial charge is 0.507 e. The Labute approximate surface area is 407 Å². The van der Waals surface area contributed by atoms with E-state index in [0.29, 0.717) is 12.6 Å². The summed E-state index contributed by atoms with van der Waals surface area (Å²) in [5, 5.41) is 48.6. The van der Waals surface area contributed by atoms with E-state index in [-0.39, 0.29) is 73.2 Å². The second-order valence-electron chi connectivity index (χ2n) is 20.3. The zero-order chi connectivity index (χ0) is 51.3. The summed E-state index contributed by atoms with van der Waals surface area (Å²) < 4.78 is 37.6. The van der Waals surface area contributed by atoms with Gasteiger partial charge in [-0.2, -0.15) is 0 Å². The fraction of sp³-hybridized carbons (Fsp3) is 0.528. The van der Waals surface area contributed by atoms with Crippen LogP contribution in [0.25, 0.3) is 33.3 Å². The second-order valence-corrected chi connectivity index (χ2v) is 20.3. The van der Waals surface area contributed by atoms with Gasteiger partial charge in [-0.05, 0) is 33.8 Å². The van der Waals surface area contributed by atoms with Crippen molar-refractivity contribution in [2.24, 2.45) is 29.6 Å². The van der Waals surface area contributed by atoms with Gasteiger partial charge in [0.2, 0.25) is 5.43 Å². The molecule has 4 heterocycles. The summed E-state index contributed by atoms with van der Waals surface area (Å²) in [6.45, 7) is 19.4. The van der Waals surface area contributed by atoms with Gasteiger partial charge in [-0.3, -0.25) is 19.2 Å². The average Bonchev–Trinajstić information content (AvgIpc) is 3.58. The lowest BCUT2D eigenvalue weighted by molar-refractivity contribution is -0.935. The van der Waals surface area contributed by atoms with E-state index in [1.165, 1.54) is 65.4 Å². The van der Waals surface area contributed by atoms with Crippen LogP contribution in [0.15, 0.2) is 57.5 Å². The summed E-state index contributed by atoms with van der Waals surface area (Å²) in [5.74, 6) is -7.46. The number of aromatic hydroxyl groups is 2. The van der Waals surface area contributed by atoms with Crippen LogP contribution in [0.5, 0.6) is 23.0 Å². The highest BCUT2D eigenvalue weighted by Crippen LogP contribution is 2.51. The van der Waals surface area contributed by atoms with Crippen LogP contribution >= 0.6 is 0 Å². The van der Waals surface area contributed by atoms with E-state index in [1.807, 2.05) is 0 Å². The van der Waals surface area contributed by atoms with E-state index in [1.54, 1.807) is 39.8 Å².